The second kappa shape index (κ2) is 6.71. The van der Waals surface area contributed by atoms with Crippen molar-refractivity contribution in [2.75, 3.05) is 6.54 Å². The third-order valence-electron chi connectivity index (χ3n) is 4.97. The smallest absolute Gasteiger partial charge is 0.224 e. The lowest BCUT2D eigenvalue weighted by molar-refractivity contribution is -0.127. The Labute approximate surface area is 137 Å². The number of carbonyl (C=O) groups is 1. The molecule has 3 rings (SSSR count). The molecule has 0 spiro atoms. The molecule has 1 saturated carbocycles. The van der Waals surface area contributed by atoms with Crippen LogP contribution in [-0.2, 0) is 4.79 Å². The molecule has 4 N–H and O–H groups in total. The highest BCUT2D eigenvalue weighted by atomic mass is 16.2. The van der Waals surface area contributed by atoms with E-state index >= 15 is 0 Å². The zero-order chi connectivity index (χ0) is 16.4. The van der Waals surface area contributed by atoms with Crippen molar-refractivity contribution in [3.8, 4) is 0 Å². The summed E-state index contributed by atoms with van der Waals surface area (Å²) in [6.45, 7) is 4.80. The minimum atomic E-state index is -0.103. The van der Waals surface area contributed by atoms with E-state index in [0.717, 1.165) is 36.1 Å². The van der Waals surface area contributed by atoms with Crippen LogP contribution in [0.2, 0.25) is 0 Å². The van der Waals surface area contributed by atoms with Crippen LogP contribution in [0.15, 0.2) is 24.3 Å². The molecule has 1 aliphatic carbocycles. The topological polar surface area (TPSA) is 83.8 Å². The van der Waals surface area contributed by atoms with Crippen LogP contribution >= 0.6 is 0 Å². The number of nitrogens with two attached hydrogens (primary N) is 1. The van der Waals surface area contributed by atoms with E-state index < -0.39 is 0 Å². The highest BCUT2D eigenvalue weighted by Crippen LogP contribution is 2.32. The molecule has 1 aromatic heterocycles. The molecule has 23 heavy (non-hydrogen) atoms. The van der Waals surface area contributed by atoms with Gasteiger partial charge in [-0.3, -0.25) is 4.79 Å². The van der Waals surface area contributed by atoms with Crippen molar-refractivity contribution in [1.82, 2.24) is 15.3 Å². The summed E-state index contributed by atoms with van der Waals surface area (Å²) in [4.78, 5) is 20.7. The number of hydrogen-bond donors (Lipinski definition) is 3. The summed E-state index contributed by atoms with van der Waals surface area (Å²) in [7, 11) is 0. The van der Waals surface area contributed by atoms with Crippen LogP contribution in [0.5, 0.6) is 0 Å². The molecule has 0 radical (unpaired) electrons. The van der Waals surface area contributed by atoms with Gasteiger partial charge in [0, 0.05) is 5.92 Å². The van der Waals surface area contributed by atoms with Gasteiger partial charge in [0.25, 0.3) is 0 Å². The Morgan fingerprint density at radius 1 is 1.39 bits per heavy atom. The van der Waals surface area contributed by atoms with Crippen molar-refractivity contribution in [1.29, 1.82) is 0 Å². The van der Waals surface area contributed by atoms with Gasteiger partial charge in [-0.15, -0.1) is 0 Å². The number of aromatic nitrogens is 2. The number of carbonyl (C=O) groups excluding carboxylic acids is 1. The summed E-state index contributed by atoms with van der Waals surface area (Å²) in [6.07, 6.45) is 3.10. The van der Waals surface area contributed by atoms with Crippen LogP contribution in [0.4, 0.5) is 0 Å². The van der Waals surface area contributed by atoms with Gasteiger partial charge in [0.1, 0.15) is 5.82 Å². The zero-order valence-corrected chi connectivity index (χ0v) is 13.9. The van der Waals surface area contributed by atoms with Gasteiger partial charge < -0.3 is 16.0 Å². The number of rotatable bonds is 5. The number of aromatic amines is 1. The number of amides is 1. The fourth-order valence-electron chi connectivity index (χ4n) is 3.60. The molecular weight excluding hydrogens is 288 g/mol. The first-order chi connectivity index (χ1) is 11.1. The van der Waals surface area contributed by atoms with Gasteiger partial charge in [-0.2, -0.15) is 0 Å². The summed E-state index contributed by atoms with van der Waals surface area (Å²) in [6, 6.07) is 7.84. The van der Waals surface area contributed by atoms with Crippen LogP contribution in [-0.4, -0.2) is 22.4 Å². The minimum absolute atomic E-state index is 0.0469. The second-order valence-corrected chi connectivity index (χ2v) is 6.90. The number of nitrogens with one attached hydrogen (secondary N) is 2. The summed E-state index contributed by atoms with van der Waals surface area (Å²) in [5, 5.41) is 3.21. The SMILES string of the molecule is CC(C)C(NC(=O)[C@@H]1CCC[C@@H]1CN)c1nc2ccccc2[nH]1. The van der Waals surface area contributed by atoms with E-state index in [1.54, 1.807) is 0 Å². The largest absolute Gasteiger partial charge is 0.346 e. The monoisotopic (exact) mass is 314 g/mol. The third-order valence-corrected chi connectivity index (χ3v) is 4.97. The van der Waals surface area contributed by atoms with Crippen molar-refractivity contribution in [3.05, 3.63) is 30.1 Å². The lowest BCUT2D eigenvalue weighted by atomic mass is 9.94. The number of para-hydroxylation sites is 2. The Morgan fingerprint density at radius 3 is 2.87 bits per heavy atom. The fourth-order valence-corrected chi connectivity index (χ4v) is 3.60. The molecular formula is C18H26N4O. The normalized spacial score (nSPS) is 22.6. The number of imidazole rings is 1. The molecule has 1 fully saturated rings. The Bertz CT molecular complexity index is 645. The summed E-state index contributed by atoms with van der Waals surface area (Å²) in [5.41, 5.74) is 7.75. The Balaban J connectivity index is 1.80. The number of nitrogens with zero attached hydrogens (tertiary/aromatic N) is 1. The van der Waals surface area contributed by atoms with Gasteiger partial charge in [-0.1, -0.05) is 32.4 Å². The maximum Gasteiger partial charge on any atom is 0.224 e. The lowest BCUT2D eigenvalue weighted by Gasteiger charge is -2.24. The van der Waals surface area contributed by atoms with E-state index in [2.05, 4.69) is 29.1 Å². The first kappa shape index (κ1) is 16.0. The van der Waals surface area contributed by atoms with Crippen molar-refractivity contribution < 1.29 is 4.79 Å². The Morgan fingerprint density at radius 2 is 2.17 bits per heavy atom. The number of benzene rings is 1. The minimum Gasteiger partial charge on any atom is -0.346 e. The zero-order valence-electron chi connectivity index (χ0n) is 13.9. The average Bonchev–Trinajstić information content (AvgIpc) is 3.17. The number of fused-ring (bicyclic) bond motifs is 1. The third kappa shape index (κ3) is 3.24. The van der Waals surface area contributed by atoms with E-state index in [-0.39, 0.29) is 23.8 Å². The lowest BCUT2D eigenvalue weighted by Crippen LogP contribution is -2.39. The van der Waals surface area contributed by atoms with Crippen molar-refractivity contribution >= 4 is 16.9 Å². The molecule has 5 heteroatoms. The summed E-state index contributed by atoms with van der Waals surface area (Å²) < 4.78 is 0. The molecule has 0 saturated heterocycles. The molecule has 5 nitrogen and oxygen atoms in total. The predicted molar refractivity (Wildman–Crippen MR) is 91.7 cm³/mol. The molecule has 0 bridgehead atoms. The molecule has 1 unspecified atom stereocenters. The highest BCUT2D eigenvalue weighted by Gasteiger charge is 2.34. The molecule has 0 aliphatic heterocycles. The van der Waals surface area contributed by atoms with Crippen LogP contribution in [0.1, 0.15) is 45.0 Å². The average molecular weight is 314 g/mol. The van der Waals surface area contributed by atoms with Gasteiger partial charge in [0.2, 0.25) is 5.91 Å². The van der Waals surface area contributed by atoms with Gasteiger partial charge in [0.15, 0.2) is 0 Å². The predicted octanol–water partition coefficient (Wildman–Crippen LogP) is 2.75. The van der Waals surface area contributed by atoms with Gasteiger partial charge in [0.05, 0.1) is 17.1 Å². The molecule has 2 aromatic rings. The summed E-state index contributed by atoms with van der Waals surface area (Å²) in [5.74, 6) is 1.58. The van der Waals surface area contributed by atoms with E-state index in [4.69, 9.17) is 5.73 Å². The van der Waals surface area contributed by atoms with Gasteiger partial charge >= 0.3 is 0 Å². The van der Waals surface area contributed by atoms with Gasteiger partial charge in [-0.25, -0.2) is 4.98 Å². The highest BCUT2D eigenvalue weighted by molar-refractivity contribution is 5.80. The van der Waals surface area contributed by atoms with Crippen LogP contribution in [0.3, 0.4) is 0 Å². The second-order valence-electron chi connectivity index (χ2n) is 6.90. The molecule has 1 aromatic carbocycles. The van der Waals surface area contributed by atoms with Crippen LogP contribution < -0.4 is 11.1 Å². The van der Waals surface area contributed by atoms with Crippen molar-refractivity contribution in [2.24, 2.45) is 23.5 Å². The van der Waals surface area contributed by atoms with Crippen LogP contribution in [0, 0.1) is 17.8 Å². The van der Waals surface area contributed by atoms with E-state index in [1.807, 2.05) is 24.3 Å². The fraction of sp³-hybridized carbons (Fsp3) is 0.556. The standard InChI is InChI=1S/C18H26N4O/c1-11(2)16(17-20-14-8-3-4-9-15(14)21-17)22-18(23)13-7-5-6-12(13)10-19/h3-4,8-9,11-13,16H,5-7,10,19H2,1-2H3,(H,20,21)(H,22,23)/t12-,13-,16?/m1/s1. The Kier molecular flexibility index (Phi) is 4.66. The number of H-pyrrole nitrogens is 1. The van der Waals surface area contributed by atoms with Crippen LogP contribution in [0.25, 0.3) is 11.0 Å². The van der Waals surface area contributed by atoms with Gasteiger partial charge in [-0.05, 0) is 43.4 Å². The molecule has 1 aliphatic rings. The number of hydrogen-bond acceptors (Lipinski definition) is 3. The molecule has 1 amide bonds. The first-order valence-electron chi connectivity index (χ1n) is 8.55. The van der Waals surface area contributed by atoms with Crippen molar-refractivity contribution in [3.63, 3.8) is 0 Å². The van der Waals surface area contributed by atoms with Crippen molar-refractivity contribution in [2.45, 2.75) is 39.2 Å². The van der Waals surface area contributed by atoms with E-state index in [0.29, 0.717) is 12.5 Å². The molecule has 1 heterocycles. The Hall–Kier alpha value is -1.88. The maximum atomic E-state index is 12.7. The molecule has 3 atom stereocenters. The first-order valence-corrected chi connectivity index (χ1v) is 8.55. The quantitative estimate of drug-likeness (QED) is 0.793. The molecule has 124 valence electrons. The summed E-state index contributed by atoms with van der Waals surface area (Å²) >= 11 is 0. The maximum absolute atomic E-state index is 12.7. The van der Waals surface area contributed by atoms with E-state index in [9.17, 15) is 4.79 Å². The van der Waals surface area contributed by atoms with E-state index in [1.165, 1.54) is 0 Å².